The van der Waals surface area contributed by atoms with Crippen molar-refractivity contribution < 1.29 is 46.7 Å². The van der Waals surface area contributed by atoms with Crippen molar-refractivity contribution in [3.8, 4) is 0 Å². The average Bonchev–Trinajstić information content (AvgIpc) is 2.58. The molecule has 1 fully saturated rings. The first-order valence-corrected chi connectivity index (χ1v) is 7.39. The van der Waals surface area contributed by atoms with Crippen LogP contribution in [0.4, 0.5) is 5.69 Å². The summed E-state index contributed by atoms with van der Waals surface area (Å²) in [5.41, 5.74) is 0.520. The smallest absolute Gasteiger partial charge is 0.768 e. The molecule has 5 nitrogen and oxygen atoms in total. The SMILES string of the molecule is O=S([O-])c1ccc(N2CCCS2(=O)=O)cc1.[Na+]. The molecule has 0 saturated carbocycles. The fourth-order valence-corrected chi connectivity index (χ4v) is 3.58. The molecule has 2 rings (SSSR count). The Morgan fingerprint density at radius 1 is 1.24 bits per heavy atom. The largest absolute Gasteiger partial charge is 1.00 e. The molecule has 1 aliphatic rings. The van der Waals surface area contributed by atoms with E-state index in [2.05, 4.69) is 0 Å². The number of nitrogens with zero attached hydrogens (tertiary/aromatic N) is 1. The van der Waals surface area contributed by atoms with Crippen LogP contribution in [0.5, 0.6) is 0 Å². The van der Waals surface area contributed by atoms with Gasteiger partial charge in [0, 0.05) is 11.4 Å². The Balaban J connectivity index is 0.00000144. The van der Waals surface area contributed by atoms with E-state index in [-0.39, 0.29) is 40.2 Å². The third-order valence-corrected chi connectivity index (χ3v) is 4.94. The first-order valence-electron chi connectivity index (χ1n) is 4.70. The van der Waals surface area contributed by atoms with Gasteiger partial charge in [-0.25, -0.2) is 8.42 Å². The van der Waals surface area contributed by atoms with Gasteiger partial charge in [0.2, 0.25) is 10.0 Å². The molecule has 0 spiro atoms. The van der Waals surface area contributed by atoms with Gasteiger partial charge in [0.1, 0.15) is 0 Å². The standard InChI is InChI=1S/C9H11NO4S2.Na/c11-15(12)9-4-2-8(3-5-9)10-6-1-7-16(10,13)14;/h2-5H,1,6-7H2,(H,11,12);/q;+1/p-1. The van der Waals surface area contributed by atoms with Crippen LogP contribution in [0.25, 0.3) is 0 Å². The summed E-state index contributed by atoms with van der Waals surface area (Å²) < 4.78 is 45.7. The minimum Gasteiger partial charge on any atom is -0.768 e. The first kappa shape index (κ1) is 15.1. The van der Waals surface area contributed by atoms with E-state index in [9.17, 15) is 17.2 Å². The van der Waals surface area contributed by atoms with Crippen LogP contribution in [-0.4, -0.2) is 29.5 Å². The summed E-state index contributed by atoms with van der Waals surface area (Å²) in [6.07, 6.45) is 0.609. The van der Waals surface area contributed by atoms with Crippen LogP contribution in [0.15, 0.2) is 29.2 Å². The third-order valence-electron chi connectivity index (χ3n) is 2.42. The van der Waals surface area contributed by atoms with Gasteiger partial charge < -0.3 is 4.55 Å². The number of rotatable bonds is 2. The molecule has 1 aliphatic heterocycles. The van der Waals surface area contributed by atoms with Crippen molar-refractivity contribution >= 4 is 26.8 Å². The molecule has 17 heavy (non-hydrogen) atoms. The summed E-state index contributed by atoms with van der Waals surface area (Å²) in [6.45, 7) is 0.460. The van der Waals surface area contributed by atoms with Gasteiger partial charge in [-0.05, 0) is 41.8 Å². The van der Waals surface area contributed by atoms with Crippen LogP contribution in [0.2, 0.25) is 0 Å². The van der Waals surface area contributed by atoms with Gasteiger partial charge in [-0.2, -0.15) is 0 Å². The molecule has 8 heteroatoms. The quantitative estimate of drug-likeness (QED) is 0.443. The van der Waals surface area contributed by atoms with E-state index in [1.807, 2.05) is 0 Å². The monoisotopic (exact) mass is 283 g/mol. The predicted molar refractivity (Wildman–Crippen MR) is 59.4 cm³/mol. The van der Waals surface area contributed by atoms with Gasteiger partial charge in [0.15, 0.2) is 0 Å². The maximum Gasteiger partial charge on any atom is 1.00 e. The van der Waals surface area contributed by atoms with E-state index in [4.69, 9.17) is 0 Å². The molecule has 0 aliphatic carbocycles. The van der Waals surface area contributed by atoms with E-state index in [1.54, 1.807) is 0 Å². The van der Waals surface area contributed by atoms with Crippen LogP contribution in [0.3, 0.4) is 0 Å². The molecule has 0 aromatic heterocycles. The van der Waals surface area contributed by atoms with E-state index in [0.29, 0.717) is 18.7 Å². The summed E-state index contributed by atoms with van der Waals surface area (Å²) in [5, 5.41) is 0. The van der Waals surface area contributed by atoms with Crippen molar-refractivity contribution in [3.63, 3.8) is 0 Å². The molecule has 0 N–H and O–H groups in total. The fourth-order valence-electron chi connectivity index (χ4n) is 1.65. The Morgan fingerprint density at radius 2 is 1.82 bits per heavy atom. The molecular formula is C9H10NNaO4S2. The van der Waals surface area contributed by atoms with Crippen molar-refractivity contribution in [2.45, 2.75) is 11.3 Å². The Morgan fingerprint density at radius 3 is 2.24 bits per heavy atom. The average molecular weight is 283 g/mol. The topological polar surface area (TPSA) is 77.5 Å². The molecule has 0 radical (unpaired) electrons. The van der Waals surface area contributed by atoms with Gasteiger partial charge >= 0.3 is 29.6 Å². The molecule has 1 aromatic rings. The summed E-state index contributed by atoms with van der Waals surface area (Å²) in [6, 6.07) is 5.81. The number of hydrogen-bond donors (Lipinski definition) is 0. The zero-order valence-corrected chi connectivity index (χ0v) is 13.0. The van der Waals surface area contributed by atoms with Gasteiger partial charge in [-0.15, -0.1) is 0 Å². The minimum atomic E-state index is -3.19. The van der Waals surface area contributed by atoms with Crippen molar-refractivity contribution in [2.24, 2.45) is 0 Å². The van der Waals surface area contributed by atoms with E-state index >= 15 is 0 Å². The molecule has 0 bridgehead atoms. The van der Waals surface area contributed by atoms with Crippen molar-refractivity contribution in [1.82, 2.24) is 0 Å². The van der Waals surface area contributed by atoms with Crippen molar-refractivity contribution in [1.29, 1.82) is 0 Å². The van der Waals surface area contributed by atoms with Crippen LogP contribution < -0.4 is 33.9 Å². The normalized spacial score (nSPS) is 19.7. The van der Waals surface area contributed by atoms with Crippen molar-refractivity contribution in [3.05, 3.63) is 24.3 Å². The third kappa shape index (κ3) is 3.30. The Hall–Kier alpha value is 0.0800. The second-order valence-electron chi connectivity index (χ2n) is 3.47. The zero-order chi connectivity index (χ0) is 11.8. The zero-order valence-electron chi connectivity index (χ0n) is 9.33. The van der Waals surface area contributed by atoms with Gasteiger partial charge in [-0.1, -0.05) is 0 Å². The van der Waals surface area contributed by atoms with Gasteiger partial charge in [0.25, 0.3) is 0 Å². The second-order valence-corrected chi connectivity index (χ2v) is 6.42. The molecule has 1 atom stereocenters. The molecule has 0 amide bonds. The molecule has 1 heterocycles. The summed E-state index contributed by atoms with van der Waals surface area (Å²) >= 11 is -2.28. The van der Waals surface area contributed by atoms with E-state index < -0.39 is 21.1 Å². The Bertz CT molecular complexity index is 514. The molecule has 1 saturated heterocycles. The fraction of sp³-hybridized carbons (Fsp3) is 0.333. The summed E-state index contributed by atoms with van der Waals surface area (Å²) in [7, 11) is -3.19. The molecule has 88 valence electrons. The minimum absolute atomic E-state index is 0. The Kier molecular flexibility index (Phi) is 5.18. The van der Waals surface area contributed by atoms with Gasteiger partial charge in [-0.3, -0.25) is 8.51 Å². The van der Waals surface area contributed by atoms with Gasteiger partial charge in [0.05, 0.1) is 11.4 Å². The number of anilines is 1. The number of hydrogen-bond acceptors (Lipinski definition) is 4. The molecular weight excluding hydrogens is 273 g/mol. The van der Waals surface area contributed by atoms with Crippen molar-refractivity contribution in [2.75, 3.05) is 16.6 Å². The maximum atomic E-state index is 11.6. The number of benzene rings is 1. The summed E-state index contributed by atoms with van der Waals surface area (Å²) in [5.74, 6) is 0.155. The van der Waals surface area contributed by atoms with Crippen LogP contribution in [0, 0.1) is 0 Å². The molecule has 1 unspecified atom stereocenters. The molecule has 1 aromatic carbocycles. The number of sulfonamides is 1. The van der Waals surface area contributed by atoms with E-state index in [1.165, 1.54) is 28.6 Å². The predicted octanol–water partition coefficient (Wildman–Crippen LogP) is -2.53. The second kappa shape index (κ2) is 5.81. The summed E-state index contributed by atoms with van der Waals surface area (Å²) in [4.78, 5) is 0.153. The van der Waals surface area contributed by atoms with E-state index in [0.717, 1.165) is 0 Å². The maximum absolute atomic E-state index is 11.6. The Labute approximate surface area is 125 Å². The first-order chi connectivity index (χ1) is 7.50. The van der Waals surface area contributed by atoms with Crippen LogP contribution in [-0.2, 0) is 21.1 Å². The van der Waals surface area contributed by atoms with Crippen LogP contribution >= 0.6 is 0 Å². The van der Waals surface area contributed by atoms with Crippen LogP contribution in [0.1, 0.15) is 6.42 Å².